The number of piperazine rings is 1. The van der Waals surface area contributed by atoms with E-state index in [-0.39, 0.29) is 11.9 Å². The van der Waals surface area contributed by atoms with Crippen molar-refractivity contribution in [3.8, 4) is 0 Å². The Morgan fingerprint density at radius 3 is 2.79 bits per heavy atom. The normalized spacial score (nSPS) is 17.2. The number of carbonyl (C=O) groups is 1. The summed E-state index contributed by atoms with van der Waals surface area (Å²) in [5, 5.41) is 1.13. The Labute approximate surface area is 164 Å². The van der Waals surface area contributed by atoms with E-state index in [1.165, 1.54) is 6.07 Å². The largest absolute Gasteiger partial charge is 0.373 e. The van der Waals surface area contributed by atoms with Gasteiger partial charge in [0.1, 0.15) is 24.0 Å². The molecule has 28 heavy (non-hydrogen) atoms. The number of anilines is 3. The molecule has 5 nitrogen and oxygen atoms in total. The molecule has 146 valence electrons. The van der Waals surface area contributed by atoms with Gasteiger partial charge in [-0.1, -0.05) is 18.2 Å². The van der Waals surface area contributed by atoms with Crippen LogP contribution >= 0.6 is 0 Å². The summed E-state index contributed by atoms with van der Waals surface area (Å²) < 4.78 is 14.0. The zero-order chi connectivity index (χ0) is 19.7. The number of hydrogen-bond acceptors (Lipinski definition) is 4. The number of hydrogen-bond donors (Lipinski definition) is 1. The fraction of sp³-hybridized carbons (Fsp3) is 0.318. The minimum atomic E-state index is -0.301. The number of benzene rings is 2. The average Bonchev–Trinajstić information content (AvgIpc) is 3.16. The number of carbonyl (C=O) groups excluding carboxylic acids is 1. The summed E-state index contributed by atoms with van der Waals surface area (Å²) in [5.74, 6) is 0.687. The van der Waals surface area contributed by atoms with Gasteiger partial charge in [-0.25, -0.2) is 4.39 Å². The molecule has 0 bridgehead atoms. The summed E-state index contributed by atoms with van der Waals surface area (Å²) in [5.41, 5.74) is 2.88. The Bertz CT molecular complexity index is 953. The first-order valence-electron chi connectivity index (χ1n) is 9.66. The molecule has 6 heteroatoms. The van der Waals surface area contributed by atoms with Crippen LogP contribution in [0.3, 0.4) is 0 Å². The summed E-state index contributed by atoms with van der Waals surface area (Å²) in [6.45, 7) is 4.81. The predicted octanol–water partition coefficient (Wildman–Crippen LogP) is 3.66. The molecule has 0 saturated carbocycles. The maximum atomic E-state index is 14.0. The number of para-hydroxylation sites is 1. The minimum Gasteiger partial charge on any atom is -0.373 e. The van der Waals surface area contributed by atoms with Gasteiger partial charge in [0.2, 0.25) is 0 Å². The number of aromatic nitrogens is 1. The molecule has 1 aromatic heterocycles. The summed E-state index contributed by atoms with van der Waals surface area (Å²) >= 11 is 0. The maximum absolute atomic E-state index is 14.0. The summed E-state index contributed by atoms with van der Waals surface area (Å²) in [6, 6.07) is 14.7. The van der Waals surface area contributed by atoms with Crippen LogP contribution in [0.5, 0.6) is 0 Å². The lowest BCUT2D eigenvalue weighted by molar-refractivity contribution is -0.108. The molecule has 0 amide bonds. The molecule has 0 aliphatic carbocycles. The fourth-order valence-corrected chi connectivity index (χ4v) is 3.90. The van der Waals surface area contributed by atoms with Crippen LogP contribution in [-0.4, -0.2) is 50.5 Å². The van der Waals surface area contributed by atoms with Crippen LogP contribution in [0.25, 0.3) is 10.9 Å². The molecular formula is C22H25FN4O. The number of nitrogens with zero attached hydrogens (tertiary/aromatic N) is 3. The Hall–Kier alpha value is -3.02. The first-order chi connectivity index (χ1) is 13.6. The van der Waals surface area contributed by atoms with Crippen molar-refractivity contribution in [2.45, 2.75) is 13.0 Å². The van der Waals surface area contributed by atoms with Crippen molar-refractivity contribution in [3.05, 3.63) is 54.3 Å². The van der Waals surface area contributed by atoms with Gasteiger partial charge in [0.05, 0.1) is 11.4 Å². The van der Waals surface area contributed by atoms with Gasteiger partial charge in [-0.2, -0.15) is 0 Å². The highest BCUT2D eigenvalue weighted by Crippen LogP contribution is 2.32. The number of aldehydes is 1. The zero-order valence-corrected chi connectivity index (χ0v) is 16.2. The third-order valence-electron chi connectivity index (χ3n) is 5.56. The van der Waals surface area contributed by atoms with Crippen LogP contribution in [0.4, 0.5) is 21.6 Å². The Balaban J connectivity index is 1.62. The van der Waals surface area contributed by atoms with Gasteiger partial charge in [0.25, 0.3) is 0 Å². The van der Waals surface area contributed by atoms with E-state index in [2.05, 4.69) is 38.7 Å². The second-order valence-electron chi connectivity index (χ2n) is 7.23. The van der Waals surface area contributed by atoms with Gasteiger partial charge < -0.3 is 24.5 Å². The Morgan fingerprint density at radius 1 is 1.21 bits per heavy atom. The predicted molar refractivity (Wildman–Crippen MR) is 113 cm³/mol. The van der Waals surface area contributed by atoms with Crippen molar-refractivity contribution in [1.82, 2.24) is 4.98 Å². The molecule has 1 unspecified atom stereocenters. The maximum Gasteiger partial charge on any atom is 0.144 e. The molecule has 2 aromatic carbocycles. The molecule has 1 N–H and O–H groups in total. The van der Waals surface area contributed by atoms with E-state index in [1.807, 2.05) is 31.3 Å². The van der Waals surface area contributed by atoms with E-state index < -0.39 is 0 Å². The number of H-pyrrole nitrogens is 1. The highest BCUT2D eigenvalue weighted by atomic mass is 19.1. The summed E-state index contributed by atoms with van der Waals surface area (Å²) in [4.78, 5) is 21.6. The van der Waals surface area contributed by atoms with Gasteiger partial charge in [0, 0.05) is 44.1 Å². The summed E-state index contributed by atoms with van der Waals surface area (Å²) in [7, 11) is 1.99. The van der Waals surface area contributed by atoms with Gasteiger partial charge >= 0.3 is 0 Å². The monoisotopic (exact) mass is 380 g/mol. The quantitative estimate of drug-likeness (QED) is 0.686. The highest BCUT2D eigenvalue weighted by Gasteiger charge is 2.29. The smallest absolute Gasteiger partial charge is 0.144 e. The molecule has 0 spiro atoms. The molecule has 2 heterocycles. The lowest BCUT2D eigenvalue weighted by Gasteiger charge is -2.41. The van der Waals surface area contributed by atoms with Crippen molar-refractivity contribution < 1.29 is 9.18 Å². The lowest BCUT2D eigenvalue weighted by atomic mass is 10.1. The third kappa shape index (κ3) is 3.30. The molecule has 1 fully saturated rings. The van der Waals surface area contributed by atoms with Crippen LogP contribution in [0.2, 0.25) is 0 Å². The first-order valence-corrected chi connectivity index (χ1v) is 9.66. The van der Waals surface area contributed by atoms with Crippen LogP contribution in [0, 0.1) is 5.82 Å². The van der Waals surface area contributed by atoms with Crippen LogP contribution in [0.15, 0.2) is 48.5 Å². The van der Waals surface area contributed by atoms with Crippen molar-refractivity contribution in [2.24, 2.45) is 0 Å². The molecule has 1 atom stereocenters. The van der Waals surface area contributed by atoms with E-state index >= 15 is 0 Å². The topological polar surface area (TPSA) is 42.6 Å². The second-order valence-corrected chi connectivity index (χ2v) is 7.23. The standard InChI is InChI=1S/C22H25FN4O/c1-3-25(2)20-9-8-17(23)13-21(20)26-10-11-27(18(14-26)15-28)22-12-16-6-4-5-7-19(16)24-22/h4-9,12-13,15,18,24H,3,10-11,14H2,1-2H3. The number of halogens is 1. The summed E-state index contributed by atoms with van der Waals surface area (Å²) in [6.07, 6.45) is 0.986. The molecule has 4 rings (SSSR count). The Morgan fingerprint density at radius 2 is 2.04 bits per heavy atom. The van der Waals surface area contributed by atoms with Crippen molar-refractivity contribution in [3.63, 3.8) is 0 Å². The van der Waals surface area contributed by atoms with E-state index in [0.29, 0.717) is 19.6 Å². The molecule has 1 aliphatic rings. The van der Waals surface area contributed by atoms with Gasteiger partial charge in [-0.15, -0.1) is 0 Å². The van der Waals surface area contributed by atoms with Gasteiger partial charge in [0.15, 0.2) is 0 Å². The number of nitrogens with one attached hydrogen (secondary N) is 1. The van der Waals surface area contributed by atoms with Crippen LogP contribution < -0.4 is 14.7 Å². The zero-order valence-electron chi connectivity index (χ0n) is 16.2. The van der Waals surface area contributed by atoms with Crippen molar-refractivity contribution in [2.75, 3.05) is 47.9 Å². The number of aromatic amines is 1. The molecular weight excluding hydrogens is 355 g/mol. The third-order valence-corrected chi connectivity index (χ3v) is 5.56. The Kier molecular flexibility index (Phi) is 4.94. The fourth-order valence-electron chi connectivity index (χ4n) is 3.90. The number of rotatable bonds is 5. The van der Waals surface area contributed by atoms with E-state index in [9.17, 15) is 9.18 Å². The van der Waals surface area contributed by atoms with Gasteiger partial charge in [-0.3, -0.25) is 0 Å². The molecule has 0 radical (unpaired) electrons. The van der Waals surface area contributed by atoms with Crippen LogP contribution in [-0.2, 0) is 4.79 Å². The van der Waals surface area contributed by atoms with E-state index in [4.69, 9.17) is 0 Å². The van der Waals surface area contributed by atoms with Crippen molar-refractivity contribution in [1.29, 1.82) is 0 Å². The highest BCUT2D eigenvalue weighted by molar-refractivity contribution is 5.85. The first kappa shape index (κ1) is 18.3. The molecule has 1 aliphatic heterocycles. The number of fused-ring (bicyclic) bond motifs is 1. The van der Waals surface area contributed by atoms with E-state index in [1.54, 1.807) is 6.07 Å². The average molecular weight is 380 g/mol. The van der Waals surface area contributed by atoms with Crippen molar-refractivity contribution >= 4 is 34.4 Å². The SMILES string of the molecule is CCN(C)c1ccc(F)cc1N1CCN(c2cc3ccccc3[nH]2)C(C=O)C1. The van der Waals surface area contributed by atoms with Gasteiger partial charge in [-0.05, 0) is 37.3 Å². The molecule has 3 aromatic rings. The van der Waals surface area contributed by atoms with E-state index in [0.717, 1.165) is 40.9 Å². The minimum absolute atomic E-state index is 0.260. The second kappa shape index (κ2) is 7.54. The lowest BCUT2D eigenvalue weighted by Crippen LogP contribution is -2.54. The van der Waals surface area contributed by atoms with Crippen LogP contribution in [0.1, 0.15) is 6.92 Å². The molecule has 1 saturated heterocycles.